The molecule has 0 unspecified atom stereocenters. The average Bonchev–Trinajstić information content (AvgIpc) is 2.86. The highest BCUT2D eigenvalue weighted by molar-refractivity contribution is 5.70. The zero-order valence-electron chi connectivity index (χ0n) is 11.5. The van der Waals surface area contributed by atoms with Gasteiger partial charge in [0.15, 0.2) is 0 Å². The van der Waals surface area contributed by atoms with E-state index in [0.29, 0.717) is 13.2 Å². The molecule has 1 amide bonds. The molecule has 0 aliphatic carbocycles. The summed E-state index contributed by atoms with van der Waals surface area (Å²) in [5.74, 6) is 0. The molecule has 20 heavy (non-hydrogen) atoms. The van der Waals surface area contributed by atoms with Crippen molar-refractivity contribution in [2.24, 2.45) is 0 Å². The number of carbonyl (C=O) groups excluding carboxylic acids is 1. The molecular weight excluding hydrogens is 256 g/mol. The zero-order chi connectivity index (χ0) is 13.8. The van der Waals surface area contributed by atoms with Crippen LogP contribution in [0.1, 0.15) is 5.56 Å². The minimum atomic E-state index is -0.157. The van der Waals surface area contributed by atoms with Gasteiger partial charge in [0, 0.05) is 26.2 Å². The fourth-order valence-corrected chi connectivity index (χ4v) is 2.71. The molecule has 0 aromatic heterocycles. The lowest BCUT2D eigenvalue weighted by atomic mass is 10.2. The van der Waals surface area contributed by atoms with Crippen LogP contribution in [0.2, 0.25) is 0 Å². The summed E-state index contributed by atoms with van der Waals surface area (Å²) in [6.07, 6.45) is -0.157. The number of rotatable bonds is 5. The molecule has 2 fully saturated rings. The Morgan fingerprint density at radius 3 is 2.95 bits per heavy atom. The first-order valence-electron chi connectivity index (χ1n) is 7.10. The van der Waals surface area contributed by atoms with Crippen LogP contribution in [0.5, 0.6) is 0 Å². The van der Waals surface area contributed by atoms with Crippen molar-refractivity contribution in [2.45, 2.75) is 12.6 Å². The Labute approximate surface area is 119 Å². The van der Waals surface area contributed by atoms with Crippen molar-refractivity contribution in [3.05, 3.63) is 35.9 Å². The fraction of sp³-hybridized carbons (Fsp3) is 0.533. The van der Waals surface area contributed by atoms with Gasteiger partial charge in [-0.15, -0.1) is 0 Å². The van der Waals surface area contributed by atoms with Gasteiger partial charge in [0.2, 0.25) is 0 Å². The molecule has 5 heteroatoms. The summed E-state index contributed by atoms with van der Waals surface area (Å²) in [6, 6.07) is 10.4. The maximum Gasteiger partial charge on any atom is 0.410 e. The first kappa shape index (κ1) is 13.4. The number of fused-ring (bicyclic) bond motifs is 1. The third-order valence-corrected chi connectivity index (χ3v) is 3.86. The van der Waals surface area contributed by atoms with Crippen molar-refractivity contribution in [3.63, 3.8) is 0 Å². The molecule has 0 N–H and O–H groups in total. The van der Waals surface area contributed by atoms with E-state index in [9.17, 15) is 4.79 Å². The third kappa shape index (κ3) is 3.11. The molecule has 108 valence electrons. The van der Waals surface area contributed by atoms with Gasteiger partial charge >= 0.3 is 6.09 Å². The number of hydrogen-bond donors (Lipinski definition) is 0. The van der Waals surface area contributed by atoms with Crippen LogP contribution in [0.15, 0.2) is 30.3 Å². The first-order valence-corrected chi connectivity index (χ1v) is 7.10. The van der Waals surface area contributed by atoms with Crippen LogP contribution in [0, 0.1) is 0 Å². The SMILES string of the molecule is O=C1OC[C@H]2CN(CCOCc3ccccc3)CCN12. The Balaban J connectivity index is 1.36. The molecule has 5 nitrogen and oxygen atoms in total. The monoisotopic (exact) mass is 276 g/mol. The van der Waals surface area contributed by atoms with Crippen molar-refractivity contribution < 1.29 is 14.3 Å². The molecule has 1 aromatic carbocycles. The second kappa shape index (κ2) is 6.24. The van der Waals surface area contributed by atoms with E-state index in [0.717, 1.165) is 32.8 Å². The van der Waals surface area contributed by atoms with Gasteiger partial charge < -0.3 is 9.47 Å². The predicted octanol–water partition coefficient (Wildman–Crippen LogP) is 1.34. The van der Waals surface area contributed by atoms with E-state index in [1.807, 2.05) is 23.1 Å². The van der Waals surface area contributed by atoms with Gasteiger partial charge in [-0.05, 0) is 5.56 Å². The van der Waals surface area contributed by atoms with Gasteiger partial charge in [-0.1, -0.05) is 30.3 Å². The summed E-state index contributed by atoms with van der Waals surface area (Å²) >= 11 is 0. The number of amides is 1. The van der Waals surface area contributed by atoms with E-state index in [4.69, 9.17) is 9.47 Å². The summed E-state index contributed by atoms with van der Waals surface area (Å²) in [7, 11) is 0. The Hall–Kier alpha value is -1.59. The van der Waals surface area contributed by atoms with Crippen molar-refractivity contribution in [2.75, 3.05) is 39.4 Å². The van der Waals surface area contributed by atoms with Crippen LogP contribution in [0.3, 0.4) is 0 Å². The predicted molar refractivity (Wildman–Crippen MR) is 74.4 cm³/mol. The van der Waals surface area contributed by atoms with Gasteiger partial charge in [0.25, 0.3) is 0 Å². The maximum atomic E-state index is 11.4. The van der Waals surface area contributed by atoms with Crippen LogP contribution < -0.4 is 0 Å². The fourth-order valence-electron chi connectivity index (χ4n) is 2.71. The van der Waals surface area contributed by atoms with Crippen molar-refractivity contribution in [3.8, 4) is 0 Å². The highest BCUT2D eigenvalue weighted by Gasteiger charge is 2.36. The van der Waals surface area contributed by atoms with E-state index in [2.05, 4.69) is 17.0 Å². The Bertz CT molecular complexity index is 452. The molecule has 2 heterocycles. The first-order chi connectivity index (χ1) is 9.83. The van der Waals surface area contributed by atoms with Crippen LogP contribution in [0.4, 0.5) is 4.79 Å². The summed E-state index contributed by atoms with van der Waals surface area (Å²) < 4.78 is 10.8. The van der Waals surface area contributed by atoms with Crippen LogP contribution in [0.25, 0.3) is 0 Å². The molecule has 2 saturated heterocycles. The minimum absolute atomic E-state index is 0.157. The van der Waals surface area contributed by atoms with Gasteiger partial charge in [0.05, 0.1) is 19.3 Å². The summed E-state index contributed by atoms with van der Waals surface area (Å²) in [5.41, 5.74) is 1.20. The number of piperazine rings is 1. The van der Waals surface area contributed by atoms with Crippen LogP contribution >= 0.6 is 0 Å². The number of cyclic esters (lactones) is 1. The number of benzene rings is 1. The Morgan fingerprint density at radius 1 is 1.25 bits per heavy atom. The second-order valence-electron chi connectivity index (χ2n) is 5.26. The molecule has 1 aromatic rings. The zero-order valence-corrected chi connectivity index (χ0v) is 11.5. The van der Waals surface area contributed by atoms with Gasteiger partial charge in [-0.25, -0.2) is 4.79 Å². The second-order valence-corrected chi connectivity index (χ2v) is 5.26. The molecule has 0 radical (unpaired) electrons. The van der Waals surface area contributed by atoms with E-state index >= 15 is 0 Å². The summed E-state index contributed by atoms with van der Waals surface area (Å²) in [5, 5.41) is 0. The number of nitrogens with zero attached hydrogens (tertiary/aromatic N) is 2. The summed E-state index contributed by atoms with van der Waals surface area (Å²) in [6.45, 7) is 5.37. The topological polar surface area (TPSA) is 42.0 Å². The molecule has 1 atom stereocenters. The molecule has 0 saturated carbocycles. The number of hydrogen-bond acceptors (Lipinski definition) is 4. The van der Waals surface area contributed by atoms with Crippen LogP contribution in [-0.2, 0) is 16.1 Å². The minimum Gasteiger partial charge on any atom is -0.447 e. The highest BCUT2D eigenvalue weighted by atomic mass is 16.6. The lowest BCUT2D eigenvalue weighted by molar-refractivity contribution is 0.0651. The molecule has 3 rings (SSSR count). The Morgan fingerprint density at radius 2 is 2.10 bits per heavy atom. The smallest absolute Gasteiger partial charge is 0.410 e. The Kier molecular flexibility index (Phi) is 4.18. The molecule has 0 spiro atoms. The van der Waals surface area contributed by atoms with E-state index in [1.165, 1.54) is 5.56 Å². The third-order valence-electron chi connectivity index (χ3n) is 3.86. The lowest BCUT2D eigenvalue weighted by Gasteiger charge is -2.35. The lowest BCUT2D eigenvalue weighted by Crippen LogP contribution is -2.52. The molecule has 2 aliphatic heterocycles. The largest absolute Gasteiger partial charge is 0.447 e. The standard InChI is InChI=1S/C15H20N2O3/c18-15-17-7-6-16(10-14(17)12-20-15)8-9-19-11-13-4-2-1-3-5-13/h1-5,14H,6-12H2/t14-/m1/s1. The maximum absolute atomic E-state index is 11.4. The van der Waals surface area contributed by atoms with Crippen molar-refractivity contribution >= 4 is 6.09 Å². The van der Waals surface area contributed by atoms with E-state index < -0.39 is 0 Å². The molecular formula is C15H20N2O3. The molecule has 0 bridgehead atoms. The van der Waals surface area contributed by atoms with E-state index in [-0.39, 0.29) is 12.1 Å². The normalized spacial score (nSPS) is 22.7. The van der Waals surface area contributed by atoms with Gasteiger partial charge in [-0.2, -0.15) is 0 Å². The van der Waals surface area contributed by atoms with Crippen molar-refractivity contribution in [1.82, 2.24) is 9.80 Å². The molecule has 2 aliphatic rings. The summed E-state index contributed by atoms with van der Waals surface area (Å²) in [4.78, 5) is 15.6. The average molecular weight is 276 g/mol. The van der Waals surface area contributed by atoms with E-state index in [1.54, 1.807) is 0 Å². The van der Waals surface area contributed by atoms with Crippen LogP contribution in [-0.4, -0.2) is 61.3 Å². The van der Waals surface area contributed by atoms with Gasteiger partial charge in [0.1, 0.15) is 6.61 Å². The number of ether oxygens (including phenoxy) is 2. The van der Waals surface area contributed by atoms with Crippen molar-refractivity contribution in [1.29, 1.82) is 0 Å². The highest BCUT2D eigenvalue weighted by Crippen LogP contribution is 2.17. The number of carbonyl (C=O) groups is 1. The van der Waals surface area contributed by atoms with Gasteiger partial charge in [-0.3, -0.25) is 9.80 Å². The quantitative estimate of drug-likeness (QED) is 0.761.